The first kappa shape index (κ1) is 26.4. The molecule has 0 aliphatic heterocycles. The van der Waals surface area contributed by atoms with Crippen LogP contribution in [0.1, 0.15) is 59.3 Å². The summed E-state index contributed by atoms with van der Waals surface area (Å²) < 4.78 is 14.3. The quantitative estimate of drug-likeness (QED) is 0.130. The van der Waals surface area contributed by atoms with Crippen LogP contribution < -0.4 is 34.8 Å². The second-order valence-corrected chi connectivity index (χ2v) is 6.09. The molecule has 0 radical (unpaired) electrons. The third kappa shape index (κ3) is 13.5. The molecule has 0 aliphatic rings. The first-order chi connectivity index (χ1) is 11.1. The van der Waals surface area contributed by atoms with Crippen LogP contribution in [0.3, 0.4) is 0 Å². The molecule has 0 aromatic carbocycles. The van der Waals surface area contributed by atoms with Crippen LogP contribution in [-0.2, 0) is 28.4 Å². The summed E-state index contributed by atoms with van der Waals surface area (Å²) in [4.78, 5) is 23.7. The van der Waals surface area contributed by atoms with Gasteiger partial charge < -0.3 is 14.7 Å². The van der Waals surface area contributed by atoms with Gasteiger partial charge in [0.1, 0.15) is 5.25 Å². The fraction of sp³-hybridized carbons (Fsp3) is 0.867. The normalized spacial score (nSPS) is 12.8. The summed E-state index contributed by atoms with van der Waals surface area (Å²) in [5.74, 6) is -0.845. The Balaban J connectivity index is 0. The number of carbonyl (C=O) groups is 2. The van der Waals surface area contributed by atoms with E-state index >= 15 is 0 Å². The van der Waals surface area contributed by atoms with Crippen LogP contribution in [-0.4, -0.2) is 30.4 Å². The molecule has 0 spiro atoms. The molecule has 2 unspecified atom stereocenters. The molecule has 0 N–H and O–H groups in total. The van der Waals surface area contributed by atoms with E-state index in [0.29, 0.717) is 31.0 Å². The summed E-state index contributed by atoms with van der Waals surface area (Å²) in [5.41, 5.74) is 0. The van der Waals surface area contributed by atoms with Gasteiger partial charge in [-0.2, -0.15) is 4.33 Å². The number of hydrogen-bond donors (Lipinski definition) is 0. The Morgan fingerprint density at radius 2 is 1.83 bits per heavy atom. The second kappa shape index (κ2) is 18.0. The molecule has 24 heavy (non-hydrogen) atoms. The number of hydrogen-bond acceptors (Lipinski definition) is 8. The molecular weight excluding hydrogens is 347 g/mol. The minimum Gasteiger partial charge on any atom is -0.691 e. The molecule has 0 saturated carbocycles. The van der Waals surface area contributed by atoms with E-state index in [0.717, 1.165) is 25.7 Å². The molecular formula is C15H27NaO7S. The minimum absolute atomic E-state index is 0. The zero-order chi connectivity index (χ0) is 17.5. The number of unbranched alkanes of at least 4 members (excludes halogenated alkanes) is 1. The maximum Gasteiger partial charge on any atom is 1.00 e. The summed E-state index contributed by atoms with van der Waals surface area (Å²) in [5, 5.41) is 12.1. The molecule has 0 bridgehead atoms. The predicted molar refractivity (Wildman–Crippen MR) is 83.7 cm³/mol. The Kier molecular flexibility index (Phi) is 19.8. The van der Waals surface area contributed by atoms with Crippen LogP contribution in [0.2, 0.25) is 0 Å². The molecule has 0 aromatic rings. The number of carbonyl (C=O) groups excluding carboxylic acids is 2. The monoisotopic (exact) mass is 374 g/mol. The summed E-state index contributed by atoms with van der Waals surface area (Å²) in [6, 6.07) is 0. The van der Waals surface area contributed by atoms with Crippen molar-refractivity contribution in [3.8, 4) is 0 Å². The van der Waals surface area contributed by atoms with E-state index < -0.39 is 17.2 Å². The molecule has 0 heterocycles. The van der Waals surface area contributed by atoms with E-state index in [1.165, 1.54) is 0 Å². The average Bonchev–Trinajstić information content (AvgIpc) is 2.56. The van der Waals surface area contributed by atoms with Gasteiger partial charge >= 0.3 is 41.5 Å². The Hall–Kier alpha value is 0.170. The summed E-state index contributed by atoms with van der Waals surface area (Å²) in [6.07, 6.45) is 4.54. The first-order valence-corrected chi connectivity index (χ1v) is 8.83. The van der Waals surface area contributed by atoms with Gasteiger partial charge in [-0.25, -0.2) is 0 Å². The van der Waals surface area contributed by atoms with Gasteiger partial charge in [-0.15, -0.1) is 0 Å². The third-order valence-electron chi connectivity index (χ3n) is 3.27. The number of ether oxygens (including phenoxy) is 2. The first-order valence-electron chi connectivity index (χ1n) is 8.03. The number of rotatable bonds is 14. The van der Waals surface area contributed by atoms with Gasteiger partial charge in [-0.3, -0.25) is 14.6 Å². The summed E-state index contributed by atoms with van der Waals surface area (Å²) >= 11 is 0.452. The molecule has 0 aliphatic carbocycles. The van der Waals surface area contributed by atoms with E-state index in [2.05, 4.69) is 16.3 Å². The Morgan fingerprint density at radius 3 is 2.38 bits per heavy atom. The molecule has 0 rings (SSSR count). The molecule has 0 fully saturated rings. The Bertz CT molecular complexity index is 331. The molecule has 0 amide bonds. The smallest absolute Gasteiger partial charge is 0.691 e. The van der Waals surface area contributed by atoms with E-state index in [1.807, 2.05) is 13.8 Å². The predicted octanol–water partition coefficient (Wildman–Crippen LogP) is -0.666. The molecule has 0 aromatic heterocycles. The summed E-state index contributed by atoms with van der Waals surface area (Å²) in [6.45, 7) is 6.57. The fourth-order valence-corrected chi connectivity index (χ4v) is 2.31. The van der Waals surface area contributed by atoms with Crippen LogP contribution >= 0.6 is 12.0 Å². The van der Waals surface area contributed by atoms with Crippen LogP contribution in [0.5, 0.6) is 0 Å². The second-order valence-electron chi connectivity index (χ2n) is 5.19. The molecule has 136 valence electrons. The van der Waals surface area contributed by atoms with Crippen molar-refractivity contribution in [3.05, 3.63) is 0 Å². The van der Waals surface area contributed by atoms with Gasteiger partial charge in [0, 0.05) is 12.0 Å². The number of esters is 2. The Labute approximate surface area is 170 Å². The molecule has 2 atom stereocenters. The van der Waals surface area contributed by atoms with Crippen molar-refractivity contribution in [2.75, 3.05) is 13.2 Å². The van der Waals surface area contributed by atoms with Gasteiger partial charge in [0.05, 0.1) is 19.6 Å². The fourth-order valence-electron chi connectivity index (χ4n) is 1.83. The van der Waals surface area contributed by atoms with E-state index in [9.17, 15) is 14.8 Å². The van der Waals surface area contributed by atoms with Crippen molar-refractivity contribution >= 4 is 24.0 Å². The van der Waals surface area contributed by atoms with Crippen molar-refractivity contribution in [2.45, 2.75) is 64.5 Å². The van der Waals surface area contributed by atoms with Gasteiger partial charge in [0.25, 0.3) is 0 Å². The zero-order valence-corrected chi connectivity index (χ0v) is 17.9. The summed E-state index contributed by atoms with van der Waals surface area (Å²) in [7, 11) is 0. The molecule has 7 nitrogen and oxygen atoms in total. The average molecular weight is 374 g/mol. The van der Waals surface area contributed by atoms with E-state index in [4.69, 9.17) is 9.47 Å². The van der Waals surface area contributed by atoms with Crippen molar-refractivity contribution < 1.29 is 63.2 Å². The molecule has 0 saturated heterocycles. The van der Waals surface area contributed by atoms with Gasteiger partial charge in [-0.05, 0) is 18.8 Å². The van der Waals surface area contributed by atoms with Crippen LogP contribution in [0, 0.1) is 5.92 Å². The maximum atomic E-state index is 11.9. The van der Waals surface area contributed by atoms with Crippen molar-refractivity contribution in [1.29, 1.82) is 0 Å². The Morgan fingerprint density at radius 1 is 1.12 bits per heavy atom. The third-order valence-corrected chi connectivity index (χ3v) is 4.00. The van der Waals surface area contributed by atoms with Crippen molar-refractivity contribution in [3.63, 3.8) is 0 Å². The zero-order valence-electron chi connectivity index (χ0n) is 15.1. The van der Waals surface area contributed by atoms with Crippen LogP contribution in [0.4, 0.5) is 0 Å². The van der Waals surface area contributed by atoms with Gasteiger partial charge in [0.2, 0.25) is 0 Å². The minimum atomic E-state index is -0.987. The SMILES string of the molecule is CCCCC(CC)COC(=O)CC(SOO[O-])C(=O)OCCC.[Na+]. The maximum absolute atomic E-state index is 11.9. The van der Waals surface area contributed by atoms with E-state index in [1.54, 1.807) is 0 Å². The van der Waals surface area contributed by atoms with Crippen LogP contribution in [0.15, 0.2) is 0 Å². The molecule has 9 heteroatoms. The standard InChI is InChI=1S/C15H28O7S.Na/c1-4-7-8-12(6-3)11-20-14(16)10-13(23-22-21-18)15(17)19-9-5-2;/h12-13,18H,4-11H2,1-3H3;/q;+1/p-1. The van der Waals surface area contributed by atoms with Crippen molar-refractivity contribution in [1.82, 2.24) is 0 Å². The van der Waals surface area contributed by atoms with Gasteiger partial charge in [-0.1, -0.05) is 40.0 Å². The largest absolute Gasteiger partial charge is 1.00 e. The van der Waals surface area contributed by atoms with E-state index in [-0.39, 0.29) is 42.6 Å². The van der Waals surface area contributed by atoms with Crippen molar-refractivity contribution in [2.24, 2.45) is 5.92 Å². The van der Waals surface area contributed by atoms with Gasteiger partial charge in [0.15, 0.2) is 0 Å². The topological polar surface area (TPSA) is 94.1 Å². The van der Waals surface area contributed by atoms with Crippen LogP contribution in [0.25, 0.3) is 0 Å².